The van der Waals surface area contributed by atoms with Gasteiger partial charge in [0.1, 0.15) is 5.76 Å². The molecular weight excluding hydrogens is 218 g/mol. The molecule has 0 saturated heterocycles. The molecule has 1 N–H and O–H groups in total. The van der Waals surface area contributed by atoms with Crippen molar-refractivity contribution in [2.75, 3.05) is 5.32 Å². The molecule has 0 aliphatic heterocycles. The molecule has 1 aromatic carbocycles. The molecule has 0 aliphatic rings. The van der Waals surface area contributed by atoms with E-state index in [1.807, 2.05) is 12.1 Å². The molecule has 1 heterocycles. The van der Waals surface area contributed by atoms with Gasteiger partial charge < -0.3 is 9.73 Å². The van der Waals surface area contributed by atoms with Gasteiger partial charge in [0.25, 0.3) is 0 Å². The highest BCUT2D eigenvalue weighted by Crippen LogP contribution is 2.23. The van der Waals surface area contributed by atoms with Crippen LogP contribution in [0.1, 0.15) is 17.5 Å². The van der Waals surface area contributed by atoms with Crippen molar-refractivity contribution >= 4 is 17.9 Å². The fourth-order valence-corrected chi connectivity index (χ4v) is 1.49. The number of rotatable bonds is 3. The summed E-state index contributed by atoms with van der Waals surface area (Å²) >= 11 is 0. The SMILES string of the molecule is CC(=O)Nc1ccc(-c2ccc(C=O)o2)cc1. The Bertz CT molecular complexity index is 540. The van der Waals surface area contributed by atoms with Crippen LogP contribution < -0.4 is 5.32 Å². The first-order valence-corrected chi connectivity index (χ1v) is 5.12. The van der Waals surface area contributed by atoms with Gasteiger partial charge in [0, 0.05) is 18.2 Å². The van der Waals surface area contributed by atoms with Crippen LogP contribution in [0.25, 0.3) is 11.3 Å². The van der Waals surface area contributed by atoms with E-state index in [1.165, 1.54) is 6.92 Å². The lowest BCUT2D eigenvalue weighted by molar-refractivity contribution is -0.114. The number of hydrogen-bond donors (Lipinski definition) is 1. The van der Waals surface area contributed by atoms with Crippen molar-refractivity contribution in [1.82, 2.24) is 0 Å². The van der Waals surface area contributed by atoms with Gasteiger partial charge in [-0.05, 0) is 36.4 Å². The number of carbonyl (C=O) groups excluding carboxylic acids is 2. The van der Waals surface area contributed by atoms with Crippen molar-refractivity contribution in [1.29, 1.82) is 0 Å². The van der Waals surface area contributed by atoms with Crippen molar-refractivity contribution in [2.24, 2.45) is 0 Å². The van der Waals surface area contributed by atoms with E-state index < -0.39 is 0 Å². The molecule has 0 saturated carbocycles. The molecule has 0 bridgehead atoms. The third-order valence-corrected chi connectivity index (χ3v) is 2.23. The number of furan rings is 1. The molecule has 86 valence electrons. The first kappa shape index (κ1) is 11.1. The van der Waals surface area contributed by atoms with Crippen LogP contribution in [0.15, 0.2) is 40.8 Å². The average molecular weight is 229 g/mol. The van der Waals surface area contributed by atoms with Crippen LogP contribution in [0.4, 0.5) is 5.69 Å². The van der Waals surface area contributed by atoms with Crippen molar-refractivity contribution < 1.29 is 14.0 Å². The lowest BCUT2D eigenvalue weighted by Crippen LogP contribution is -2.05. The molecule has 0 aliphatic carbocycles. The highest BCUT2D eigenvalue weighted by molar-refractivity contribution is 5.88. The fraction of sp³-hybridized carbons (Fsp3) is 0.0769. The van der Waals surface area contributed by atoms with Gasteiger partial charge in [-0.15, -0.1) is 0 Å². The van der Waals surface area contributed by atoms with Gasteiger partial charge in [-0.1, -0.05) is 0 Å². The van der Waals surface area contributed by atoms with E-state index in [0.29, 0.717) is 17.8 Å². The van der Waals surface area contributed by atoms with Crippen molar-refractivity contribution in [3.05, 3.63) is 42.2 Å². The van der Waals surface area contributed by atoms with Crippen LogP contribution in [-0.4, -0.2) is 12.2 Å². The average Bonchev–Trinajstić information content (AvgIpc) is 2.78. The monoisotopic (exact) mass is 229 g/mol. The zero-order valence-corrected chi connectivity index (χ0v) is 9.27. The van der Waals surface area contributed by atoms with Gasteiger partial charge in [-0.2, -0.15) is 0 Å². The Morgan fingerprint density at radius 1 is 1.18 bits per heavy atom. The first-order valence-electron chi connectivity index (χ1n) is 5.12. The Hall–Kier alpha value is -2.36. The third-order valence-electron chi connectivity index (χ3n) is 2.23. The second kappa shape index (κ2) is 4.65. The number of anilines is 1. The summed E-state index contributed by atoms with van der Waals surface area (Å²) in [6.07, 6.45) is 0.662. The number of carbonyl (C=O) groups is 2. The molecule has 1 aromatic heterocycles. The molecule has 0 radical (unpaired) electrons. The summed E-state index contributed by atoms with van der Waals surface area (Å²) in [6.45, 7) is 1.46. The Labute approximate surface area is 98.3 Å². The minimum absolute atomic E-state index is 0.112. The second-order valence-corrected chi connectivity index (χ2v) is 3.58. The zero-order valence-electron chi connectivity index (χ0n) is 9.27. The molecule has 1 amide bonds. The smallest absolute Gasteiger partial charge is 0.221 e. The van der Waals surface area contributed by atoms with Gasteiger partial charge in [-0.25, -0.2) is 0 Å². The molecular formula is C13H11NO3. The highest BCUT2D eigenvalue weighted by Gasteiger charge is 2.04. The summed E-state index contributed by atoms with van der Waals surface area (Å²) in [4.78, 5) is 21.3. The lowest BCUT2D eigenvalue weighted by atomic mass is 10.1. The van der Waals surface area contributed by atoms with E-state index in [1.54, 1.807) is 24.3 Å². The van der Waals surface area contributed by atoms with Gasteiger partial charge in [-0.3, -0.25) is 9.59 Å². The van der Waals surface area contributed by atoms with E-state index >= 15 is 0 Å². The summed E-state index contributed by atoms with van der Waals surface area (Å²) < 4.78 is 5.28. The lowest BCUT2D eigenvalue weighted by Gasteiger charge is -2.02. The number of hydrogen-bond acceptors (Lipinski definition) is 3. The maximum absolute atomic E-state index is 10.8. The van der Waals surface area contributed by atoms with Crippen LogP contribution in [0.3, 0.4) is 0 Å². The Kier molecular flexibility index (Phi) is 3.05. The van der Waals surface area contributed by atoms with Gasteiger partial charge >= 0.3 is 0 Å². The second-order valence-electron chi connectivity index (χ2n) is 3.58. The number of aldehydes is 1. The predicted molar refractivity (Wildman–Crippen MR) is 63.8 cm³/mol. The number of amides is 1. The van der Waals surface area contributed by atoms with Crippen molar-refractivity contribution in [3.8, 4) is 11.3 Å². The van der Waals surface area contributed by atoms with Crippen LogP contribution in [0, 0.1) is 0 Å². The van der Waals surface area contributed by atoms with E-state index in [9.17, 15) is 9.59 Å². The van der Waals surface area contributed by atoms with Crippen molar-refractivity contribution in [2.45, 2.75) is 6.92 Å². The van der Waals surface area contributed by atoms with Crippen LogP contribution in [-0.2, 0) is 4.79 Å². The van der Waals surface area contributed by atoms with E-state index in [2.05, 4.69) is 5.32 Å². The van der Waals surface area contributed by atoms with Crippen LogP contribution in [0.5, 0.6) is 0 Å². The predicted octanol–water partition coefficient (Wildman–Crippen LogP) is 2.72. The summed E-state index contributed by atoms with van der Waals surface area (Å²) in [6, 6.07) is 10.5. The largest absolute Gasteiger partial charge is 0.453 e. The van der Waals surface area contributed by atoms with E-state index in [4.69, 9.17) is 4.42 Å². The molecule has 0 spiro atoms. The minimum atomic E-state index is -0.112. The molecule has 0 atom stereocenters. The Balaban J connectivity index is 2.22. The minimum Gasteiger partial charge on any atom is -0.453 e. The van der Waals surface area contributed by atoms with E-state index in [-0.39, 0.29) is 5.91 Å². The molecule has 0 unspecified atom stereocenters. The normalized spacial score (nSPS) is 9.94. The summed E-state index contributed by atoms with van der Waals surface area (Å²) in [5.41, 5.74) is 1.58. The van der Waals surface area contributed by atoms with Crippen molar-refractivity contribution in [3.63, 3.8) is 0 Å². The Morgan fingerprint density at radius 3 is 2.41 bits per heavy atom. The highest BCUT2D eigenvalue weighted by atomic mass is 16.3. The molecule has 4 heteroatoms. The zero-order chi connectivity index (χ0) is 12.3. The fourth-order valence-electron chi connectivity index (χ4n) is 1.49. The topological polar surface area (TPSA) is 59.3 Å². The first-order chi connectivity index (χ1) is 8.19. The maximum atomic E-state index is 10.8. The van der Waals surface area contributed by atoms with Crippen LogP contribution in [0.2, 0.25) is 0 Å². The van der Waals surface area contributed by atoms with E-state index in [0.717, 1.165) is 11.3 Å². The van der Waals surface area contributed by atoms with Crippen LogP contribution >= 0.6 is 0 Å². The summed E-state index contributed by atoms with van der Waals surface area (Å²) in [5, 5.41) is 2.67. The Morgan fingerprint density at radius 2 is 1.88 bits per heavy atom. The molecule has 2 aromatic rings. The molecule has 17 heavy (non-hydrogen) atoms. The van der Waals surface area contributed by atoms with Gasteiger partial charge in [0.2, 0.25) is 5.91 Å². The molecule has 2 rings (SSSR count). The summed E-state index contributed by atoms with van der Waals surface area (Å²) in [5.74, 6) is 0.811. The number of benzene rings is 1. The molecule has 0 fully saturated rings. The standard InChI is InChI=1S/C13H11NO3/c1-9(16)14-11-4-2-10(3-5-11)13-7-6-12(8-15)17-13/h2-8H,1H3,(H,14,16). The summed E-state index contributed by atoms with van der Waals surface area (Å²) in [7, 11) is 0. The maximum Gasteiger partial charge on any atom is 0.221 e. The molecule has 4 nitrogen and oxygen atoms in total. The van der Waals surface area contributed by atoms with Gasteiger partial charge in [0.05, 0.1) is 0 Å². The van der Waals surface area contributed by atoms with Gasteiger partial charge in [0.15, 0.2) is 12.0 Å². The number of nitrogens with one attached hydrogen (secondary N) is 1. The quantitative estimate of drug-likeness (QED) is 0.823. The third kappa shape index (κ3) is 2.60.